The first kappa shape index (κ1) is 17.9. The van der Waals surface area contributed by atoms with Gasteiger partial charge < -0.3 is 0 Å². The van der Waals surface area contributed by atoms with E-state index in [0.29, 0.717) is 11.7 Å². The summed E-state index contributed by atoms with van der Waals surface area (Å²) in [5, 5.41) is 0. The monoisotopic (exact) mass is 334 g/mol. The zero-order chi connectivity index (χ0) is 17.6. The van der Waals surface area contributed by atoms with E-state index in [1.54, 1.807) is 0 Å². The molecule has 0 aromatic heterocycles. The lowest BCUT2D eigenvalue weighted by molar-refractivity contribution is -0.123. The molecule has 1 nitrogen and oxygen atoms in total. The van der Waals surface area contributed by atoms with Gasteiger partial charge in [0, 0.05) is 12.3 Å². The Kier molecular flexibility index (Phi) is 6.07. The second-order valence-corrected chi connectivity index (χ2v) is 7.68. The van der Waals surface area contributed by atoms with Gasteiger partial charge in [0.25, 0.3) is 0 Å². The number of rotatable bonds is 6. The van der Waals surface area contributed by atoms with Crippen LogP contribution in [-0.2, 0) is 11.2 Å². The van der Waals surface area contributed by atoms with Gasteiger partial charge in [-0.05, 0) is 53.9 Å². The summed E-state index contributed by atoms with van der Waals surface area (Å²) in [6.45, 7) is 4.43. The maximum absolute atomic E-state index is 12.3. The standard InChI is InChI=1S/C24H30O/c1-3-4-5-6-19-8-10-20(11-9-19)21-12-14-22(15-13-21)23-16-7-18(2)17-24(23)25/h8-15,18,23H,3-7,16-17H2,1-2H3/t18-,23+/m0/s1. The number of aryl methyl sites for hydroxylation is 1. The molecular formula is C24H30O. The van der Waals surface area contributed by atoms with Crippen LogP contribution in [0.4, 0.5) is 0 Å². The van der Waals surface area contributed by atoms with Crippen molar-refractivity contribution in [3.63, 3.8) is 0 Å². The Morgan fingerprint density at radius 2 is 1.52 bits per heavy atom. The highest BCUT2D eigenvalue weighted by molar-refractivity contribution is 5.86. The summed E-state index contributed by atoms with van der Waals surface area (Å²) < 4.78 is 0. The Labute approximate surface area is 152 Å². The Morgan fingerprint density at radius 3 is 2.12 bits per heavy atom. The molecule has 0 spiro atoms. The molecule has 2 atom stereocenters. The summed E-state index contributed by atoms with van der Waals surface area (Å²) in [6, 6.07) is 17.6. The van der Waals surface area contributed by atoms with Gasteiger partial charge in [-0.25, -0.2) is 0 Å². The summed E-state index contributed by atoms with van der Waals surface area (Å²) in [5.74, 6) is 1.09. The van der Waals surface area contributed by atoms with E-state index in [9.17, 15) is 4.79 Å². The van der Waals surface area contributed by atoms with Crippen molar-refractivity contribution in [3.05, 3.63) is 59.7 Å². The van der Waals surface area contributed by atoms with Crippen LogP contribution in [0.2, 0.25) is 0 Å². The van der Waals surface area contributed by atoms with Crippen molar-refractivity contribution in [3.8, 4) is 11.1 Å². The minimum Gasteiger partial charge on any atom is -0.299 e. The van der Waals surface area contributed by atoms with E-state index < -0.39 is 0 Å². The predicted octanol–water partition coefficient (Wildman–Crippen LogP) is 6.56. The lowest BCUT2D eigenvalue weighted by atomic mass is 9.78. The fourth-order valence-corrected chi connectivity index (χ4v) is 3.90. The Hall–Kier alpha value is -1.89. The molecule has 0 bridgehead atoms. The molecule has 0 amide bonds. The van der Waals surface area contributed by atoms with Crippen LogP contribution in [0.15, 0.2) is 48.5 Å². The van der Waals surface area contributed by atoms with Gasteiger partial charge in [-0.2, -0.15) is 0 Å². The lowest BCUT2D eigenvalue weighted by Crippen LogP contribution is -2.21. The first-order valence-corrected chi connectivity index (χ1v) is 9.89. The second-order valence-electron chi connectivity index (χ2n) is 7.68. The Balaban J connectivity index is 1.67. The number of unbranched alkanes of at least 4 members (excludes halogenated alkanes) is 2. The number of Topliss-reactive ketones (excluding diaryl/α,β-unsaturated/α-hetero) is 1. The van der Waals surface area contributed by atoms with Gasteiger partial charge in [-0.3, -0.25) is 4.79 Å². The number of benzene rings is 2. The van der Waals surface area contributed by atoms with E-state index in [4.69, 9.17) is 0 Å². The molecule has 1 saturated carbocycles. The van der Waals surface area contributed by atoms with Gasteiger partial charge in [0.1, 0.15) is 5.78 Å². The lowest BCUT2D eigenvalue weighted by Gasteiger charge is -2.25. The van der Waals surface area contributed by atoms with Crippen molar-refractivity contribution in [2.24, 2.45) is 5.92 Å². The van der Waals surface area contributed by atoms with Gasteiger partial charge >= 0.3 is 0 Å². The normalized spacial score (nSPS) is 20.6. The predicted molar refractivity (Wildman–Crippen MR) is 106 cm³/mol. The molecule has 2 aromatic rings. The SMILES string of the molecule is CCCCCc1ccc(-c2ccc([C@H]3CC[C@H](C)CC3=O)cc2)cc1. The van der Waals surface area contributed by atoms with E-state index in [0.717, 1.165) is 19.3 Å². The third-order valence-electron chi connectivity index (χ3n) is 5.56. The topological polar surface area (TPSA) is 17.1 Å². The maximum Gasteiger partial charge on any atom is 0.140 e. The average molecular weight is 335 g/mol. The first-order valence-electron chi connectivity index (χ1n) is 9.89. The molecule has 2 aromatic carbocycles. The smallest absolute Gasteiger partial charge is 0.140 e. The molecule has 1 aliphatic carbocycles. The van der Waals surface area contributed by atoms with Crippen molar-refractivity contribution < 1.29 is 4.79 Å². The molecule has 1 aliphatic rings. The van der Waals surface area contributed by atoms with Gasteiger partial charge in [0.05, 0.1) is 0 Å². The van der Waals surface area contributed by atoms with Crippen molar-refractivity contribution in [2.75, 3.05) is 0 Å². The molecule has 1 heteroatoms. The van der Waals surface area contributed by atoms with Crippen LogP contribution in [0.5, 0.6) is 0 Å². The van der Waals surface area contributed by atoms with E-state index in [2.05, 4.69) is 62.4 Å². The largest absolute Gasteiger partial charge is 0.299 e. The minimum absolute atomic E-state index is 0.117. The fraction of sp³-hybridized carbons (Fsp3) is 0.458. The number of carbonyl (C=O) groups is 1. The van der Waals surface area contributed by atoms with Crippen molar-refractivity contribution in [2.45, 2.75) is 64.7 Å². The first-order chi connectivity index (χ1) is 12.2. The zero-order valence-electron chi connectivity index (χ0n) is 15.6. The number of hydrogen-bond acceptors (Lipinski definition) is 1. The van der Waals surface area contributed by atoms with Crippen LogP contribution < -0.4 is 0 Å². The van der Waals surface area contributed by atoms with Gasteiger partial charge in [-0.1, -0.05) is 75.2 Å². The van der Waals surface area contributed by atoms with E-state index in [1.165, 1.54) is 47.9 Å². The van der Waals surface area contributed by atoms with E-state index >= 15 is 0 Å². The van der Waals surface area contributed by atoms with Gasteiger partial charge in [-0.15, -0.1) is 0 Å². The maximum atomic E-state index is 12.3. The van der Waals surface area contributed by atoms with Crippen LogP contribution in [0.1, 0.15) is 69.4 Å². The summed E-state index contributed by atoms with van der Waals surface area (Å²) >= 11 is 0. The van der Waals surface area contributed by atoms with Crippen LogP contribution >= 0.6 is 0 Å². The molecule has 25 heavy (non-hydrogen) atoms. The van der Waals surface area contributed by atoms with Crippen LogP contribution in [0.25, 0.3) is 11.1 Å². The third-order valence-corrected chi connectivity index (χ3v) is 5.56. The molecule has 0 saturated heterocycles. The van der Waals surface area contributed by atoms with Crippen LogP contribution in [0, 0.1) is 5.92 Å². The summed E-state index contributed by atoms with van der Waals surface area (Å²) in [6.07, 6.45) is 7.94. The summed E-state index contributed by atoms with van der Waals surface area (Å²) in [7, 11) is 0. The molecule has 0 aliphatic heterocycles. The summed E-state index contributed by atoms with van der Waals surface area (Å²) in [4.78, 5) is 12.3. The second kappa shape index (κ2) is 8.47. The Morgan fingerprint density at radius 1 is 0.880 bits per heavy atom. The number of ketones is 1. The molecule has 132 valence electrons. The van der Waals surface area contributed by atoms with Crippen molar-refractivity contribution >= 4 is 5.78 Å². The van der Waals surface area contributed by atoms with Crippen LogP contribution in [0.3, 0.4) is 0 Å². The highest BCUT2D eigenvalue weighted by atomic mass is 16.1. The van der Waals surface area contributed by atoms with Gasteiger partial charge in [0.15, 0.2) is 0 Å². The molecule has 0 unspecified atom stereocenters. The Bertz CT molecular complexity index is 681. The highest BCUT2D eigenvalue weighted by Crippen LogP contribution is 2.33. The highest BCUT2D eigenvalue weighted by Gasteiger charge is 2.27. The molecule has 0 N–H and O–H groups in total. The average Bonchev–Trinajstić information content (AvgIpc) is 2.63. The van der Waals surface area contributed by atoms with E-state index in [-0.39, 0.29) is 5.92 Å². The molecule has 3 rings (SSSR count). The van der Waals surface area contributed by atoms with Crippen molar-refractivity contribution in [1.82, 2.24) is 0 Å². The minimum atomic E-state index is 0.117. The molecule has 0 heterocycles. The molecule has 1 fully saturated rings. The fourth-order valence-electron chi connectivity index (χ4n) is 3.90. The molecular weight excluding hydrogens is 304 g/mol. The van der Waals surface area contributed by atoms with Gasteiger partial charge in [0.2, 0.25) is 0 Å². The summed E-state index contributed by atoms with van der Waals surface area (Å²) in [5.41, 5.74) is 5.11. The number of hydrogen-bond donors (Lipinski definition) is 0. The quantitative estimate of drug-likeness (QED) is 0.547. The van der Waals surface area contributed by atoms with Crippen LogP contribution in [-0.4, -0.2) is 5.78 Å². The van der Waals surface area contributed by atoms with E-state index in [1.807, 2.05) is 0 Å². The molecule has 0 radical (unpaired) electrons. The third kappa shape index (κ3) is 4.60. The number of carbonyl (C=O) groups excluding carboxylic acids is 1. The zero-order valence-corrected chi connectivity index (χ0v) is 15.6. The van der Waals surface area contributed by atoms with Crippen molar-refractivity contribution in [1.29, 1.82) is 0 Å².